The van der Waals surface area contributed by atoms with Crippen molar-refractivity contribution in [2.24, 2.45) is 11.8 Å². The average molecular weight is 422 g/mol. The summed E-state index contributed by atoms with van der Waals surface area (Å²) in [7, 11) is 0. The molecule has 4 rings (SSSR count). The Kier molecular flexibility index (Phi) is 5.32. The molecule has 1 aromatic carbocycles. The second-order valence-corrected chi connectivity index (χ2v) is 7.89. The summed E-state index contributed by atoms with van der Waals surface area (Å²) >= 11 is 0. The Hall–Kier alpha value is -2.80. The van der Waals surface area contributed by atoms with Gasteiger partial charge in [0.2, 0.25) is 5.91 Å². The zero-order valence-electron chi connectivity index (χ0n) is 16.1. The molecule has 7 nitrogen and oxygen atoms in total. The number of carbonyl (C=O) groups excluding carboxylic acids is 2. The van der Waals surface area contributed by atoms with Gasteiger partial charge in [-0.25, -0.2) is 0 Å². The van der Waals surface area contributed by atoms with Crippen LogP contribution in [-0.4, -0.2) is 66.2 Å². The quantitative estimate of drug-likeness (QED) is 0.782. The highest BCUT2D eigenvalue weighted by molar-refractivity contribution is 5.94. The molecule has 1 aliphatic carbocycles. The molecule has 2 aliphatic heterocycles. The molecule has 2 saturated heterocycles. The number of likely N-dealkylation sites (tertiary alicyclic amines) is 2. The number of hydrogen-bond donors (Lipinski definition) is 1. The van der Waals surface area contributed by atoms with Crippen LogP contribution in [0.2, 0.25) is 0 Å². The van der Waals surface area contributed by atoms with E-state index in [0.29, 0.717) is 25.2 Å². The molecule has 1 saturated carbocycles. The first-order chi connectivity index (χ1) is 14.3. The SMILES string of the molecule is N#C[C@@H]1CCCN1C(=O)CNC1C2CN(C(=O)c3ccc(OC(F)(F)F)cc3)CC21. The molecule has 2 heterocycles. The standard InChI is InChI=1S/C20H21F3N4O3/c21-20(22,23)30-14-5-3-12(4-6-14)19(29)26-10-15-16(11-26)18(15)25-9-17(28)27-7-1-2-13(27)8-24/h3-6,13,15-16,18,25H,1-2,7,9-11H2/t13-,15?,16?,18?/m0/s1. The van der Waals surface area contributed by atoms with Gasteiger partial charge >= 0.3 is 6.36 Å². The topological polar surface area (TPSA) is 85.7 Å². The summed E-state index contributed by atoms with van der Waals surface area (Å²) in [6.45, 7) is 1.89. The normalized spacial score (nSPS) is 27.5. The maximum Gasteiger partial charge on any atom is 0.573 e. The van der Waals surface area contributed by atoms with E-state index in [1.54, 1.807) is 9.80 Å². The summed E-state index contributed by atoms with van der Waals surface area (Å²) in [5, 5.41) is 12.3. The molecular weight excluding hydrogens is 401 g/mol. The lowest BCUT2D eigenvalue weighted by atomic mass is 10.2. The second-order valence-electron chi connectivity index (χ2n) is 7.89. The van der Waals surface area contributed by atoms with Crippen LogP contribution in [0.15, 0.2) is 24.3 Å². The Morgan fingerprint density at radius 3 is 2.47 bits per heavy atom. The fourth-order valence-corrected chi connectivity index (χ4v) is 4.48. The molecule has 2 amide bonds. The fourth-order valence-electron chi connectivity index (χ4n) is 4.48. The molecular formula is C20H21F3N4O3. The van der Waals surface area contributed by atoms with E-state index in [2.05, 4.69) is 16.1 Å². The van der Waals surface area contributed by atoms with Crippen LogP contribution < -0.4 is 10.1 Å². The number of fused-ring (bicyclic) bond motifs is 1. The number of alkyl halides is 3. The van der Waals surface area contributed by atoms with E-state index in [0.717, 1.165) is 25.0 Å². The van der Waals surface area contributed by atoms with E-state index in [1.165, 1.54) is 12.1 Å². The molecule has 2 unspecified atom stereocenters. The van der Waals surface area contributed by atoms with Gasteiger partial charge in [-0.05, 0) is 48.9 Å². The maximum atomic E-state index is 12.6. The van der Waals surface area contributed by atoms with Crippen molar-refractivity contribution < 1.29 is 27.5 Å². The Morgan fingerprint density at radius 1 is 1.20 bits per heavy atom. The fraction of sp³-hybridized carbons (Fsp3) is 0.550. The van der Waals surface area contributed by atoms with Crippen molar-refractivity contribution in [3.8, 4) is 11.8 Å². The molecule has 0 radical (unpaired) electrons. The summed E-state index contributed by atoms with van der Waals surface area (Å²) in [5.41, 5.74) is 0.307. The zero-order chi connectivity index (χ0) is 21.5. The number of ether oxygens (including phenoxy) is 1. The first-order valence-electron chi connectivity index (χ1n) is 9.84. The third-order valence-corrected chi connectivity index (χ3v) is 6.03. The van der Waals surface area contributed by atoms with Gasteiger partial charge in [-0.1, -0.05) is 0 Å². The molecule has 1 aromatic rings. The zero-order valence-corrected chi connectivity index (χ0v) is 16.1. The van der Waals surface area contributed by atoms with Gasteiger partial charge in [-0.2, -0.15) is 5.26 Å². The number of rotatable bonds is 5. The maximum absolute atomic E-state index is 12.6. The second kappa shape index (κ2) is 7.80. The van der Waals surface area contributed by atoms with E-state index in [-0.39, 0.29) is 48.0 Å². The number of nitriles is 1. The molecule has 30 heavy (non-hydrogen) atoms. The van der Waals surface area contributed by atoms with Crippen molar-refractivity contribution in [3.63, 3.8) is 0 Å². The number of amides is 2. The van der Waals surface area contributed by atoms with Gasteiger partial charge in [0.15, 0.2) is 0 Å². The van der Waals surface area contributed by atoms with Crippen LogP contribution in [0.1, 0.15) is 23.2 Å². The lowest BCUT2D eigenvalue weighted by Crippen LogP contribution is -2.43. The van der Waals surface area contributed by atoms with Gasteiger partial charge in [-0.15, -0.1) is 13.2 Å². The Balaban J connectivity index is 1.24. The number of piperidine rings is 1. The van der Waals surface area contributed by atoms with E-state index >= 15 is 0 Å². The lowest BCUT2D eigenvalue weighted by molar-refractivity contribution is -0.274. The van der Waals surface area contributed by atoms with Crippen molar-refractivity contribution in [1.82, 2.24) is 15.1 Å². The molecule has 3 fully saturated rings. The molecule has 0 aromatic heterocycles. The van der Waals surface area contributed by atoms with Crippen LogP contribution in [0.4, 0.5) is 13.2 Å². The van der Waals surface area contributed by atoms with Crippen molar-refractivity contribution in [3.05, 3.63) is 29.8 Å². The number of carbonyl (C=O) groups is 2. The van der Waals surface area contributed by atoms with Crippen molar-refractivity contribution >= 4 is 11.8 Å². The van der Waals surface area contributed by atoms with Gasteiger partial charge in [0.1, 0.15) is 11.8 Å². The van der Waals surface area contributed by atoms with Crippen LogP contribution >= 0.6 is 0 Å². The molecule has 0 bridgehead atoms. The number of nitrogens with one attached hydrogen (secondary N) is 1. The number of halogens is 3. The Labute approximate surface area is 171 Å². The summed E-state index contributed by atoms with van der Waals surface area (Å²) in [4.78, 5) is 28.2. The summed E-state index contributed by atoms with van der Waals surface area (Å²) < 4.78 is 40.5. The van der Waals surface area contributed by atoms with Gasteiger partial charge in [0, 0.05) is 31.2 Å². The highest BCUT2D eigenvalue weighted by atomic mass is 19.4. The van der Waals surface area contributed by atoms with E-state index < -0.39 is 6.36 Å². The number of benzene rings is 1. The van der Waals surface area contributed by atoms with Crippen LogP contribution in [0, 0.1) is 23.2 Å². The van der Waals surface area contributed by atoms with E-state index in [4.69, 9.17) is 5.26 Å². The van der Waals surface area contributed by atoms with Crippen LogP contribution in [0.3, 0.4) is 0 Å². The van der Waals surface area contributed by atoms with Crippen LogP contribution in [0.5, 0.6) is 5.75 Å². The molecule has 3 atom stereocenters. The molecule has 1 N–H and O–H groups in total. The molecule has 10 heteroatoms. The van der Waals surface area contributed by atoms with E-state index in [9.17, 15) is 22.8 Å². The van der Waals surface area contributed by atoms with Crippen molar-refractivity contribution in [2.45, 2.75) is 31.3 Å². The van der Waals surface area contributed by atoms with Gasteiger partial charge in [0.05, 0.1) is 12.6 Å². The lowest BCUT2D eigenvalue weighted by Gasteiger charge is -2.22. The van der Waals surface area contributed by atoms with Crippen LogP contribution in [0.25, 0.3) is 0 Å². The minimum atomic E-state index is -4.77. The summed E-state index contributed by atoms with van der Waals surface area (Å²) in [6, 6.07) is 6.89. The number of hydrogen-bond acceptors (Lipinski definition) is 5. The van der Waals surface area contributed by atoms with Crippen molar-refractivity contribution in [1.29, 1.82) is 5.26 Å². The smallest absolute Gasteiger partial charge is 0.406 e. The average Bonchev–Trinajstić information content (AvgIpc) is 3.08. The van der Waals surface area contributed by atoms with Gasteiger partial charge in [0.25, 0.3) is 5.91 Å². The predicted molar refractivity (Wildman–Crippen MR) is 98.1 cm³/mol. The Morgan fingerprint density at radius 2 is 1.87 bits per heavy atom. The summed E-state index contributed by atoms with van der Waals surface area (Å²) in [6.07, 6.45) is -3.20. The predicted octanol–water partition coefficient (Wildman–Crippen LogP) is 1.76. The van der Waals surface area contributed by atoms with Gasteiger partial charge < -0.3 is 19.9 Å². The minimum absolute atomic E-state index is 0.0712. The highest BCUT2D eigenvalue weighted by Gasteiger charge is 2.56. The van der Waals surface area contributed by atoms with Crippen LogP contribution in [-0.2, 0) is 4.79 Å². The van der Waals surface area contributed by atoms with Crippen molar-refractivity contribution in [2.75, 3.05) is 26.2 Å². The summed E-state index contributed by atoms with van der Waals surface area (Å²) in [5.74, 6) is -0.142. The minimum Gasteiger partial charge on any atom is -0.406 e. The number of nitrogens with zero attached hydrogens (tertiary/aromatic N) is 3. The molecule has 160 valence electrons. The monoisotopic (exact) mass is 422 g/mol. The third kappa shape index (κ3) is 4.21. The van der Waals surface area contributed by atoms with E-state index in [1.807, 2.05) is 0 Å². The molecule has 3 aliphatic rings. The first-order valence-corrected chi connectivity index (χ1v) is 9.84. The first kappa shape index (κ1) is 20.5. The highest BCUT2D eigenvalue weighted by Crippen LogP contribution is 2.45. The largest absolute Gasteiger partial charge is 0.573 e. The third-order valence-electron chi connectivity index (χ3n) is 6.03. The molecule has 0 spiro atoms. The van der Waals surface area contributed by atoms with Gasteiger partial charge in [-0.3, -0.25) is 9.59 Å². The Bertz CT molecular complexity index is 856.